The number of urea groups is 1. The lowest BCUT2D eigenvalue weighted by Crippen LogP contribution is -2.54. The van der Waals surface area contributed by atoms with Crippen molar-refractivity contribution in [1.82, 2.24) is 24.7 Å². The molecule has 1 atom stereocenters. The Labute approximate surface area is 248 Å². The highest BCUT2D eigenvalue weighted by molar-refractivity contribution is 5.96. The summed E-state index contributed by atoms with van der Waals surface area (Å²) in [6.07, 6.45) is 7.52. The SMILES string of the molecule is CN1CCN([C@@H]2CCCN(c3cnc(C(N)=O)c(Nc4ccc5c(c4)CCC4(CCN(C(C)(C)C)CC4)O5)n3)C2)C1=O. The number of hydrogen-bond acceptors (Lipinski definition) is 8. The van der Waals surface area contributed by atoms with E-state index in [0.717, 1.165) is 88.2 Å². The van der Waals surface area contributed by atoms with Crippen molar-refractivity contribution in [2.45, 2.75) is 76.5 Å². The first-order valence-corrected chi connectivity index (χ1v) is 15.3. The number of carbonyl (C=O) groups excluding carboxylic acids is 2. The van der Waals surface area contributed by atoms with Crippen LogP contribution >= 0.6 is 0 Å². The summed E-state index contributed by atoms with van der Waals surface area (Å²) in [4.78, 5) is 42.5. The third-order valence-electron chi connectivity index (χ3n) is 9.53. The Hall–Kier alpha value is -3.60. The van der Waals surface area contributed by atoms with Crippen molar-refractivity contribution in [3.8, 4) is 5.75 Å². The van der Waals surface area contributed by atoms with Gasteiger partial charge in [-0.2, -0.15) is 0 Å². The maximum absolute atomic E-state index is 12.6. The lowest BCUT2D eigenvalue weighted by Gasteiger charge is -2.48. The third kappa shape index (κ3) is 5.58. The van der Waals surface area contributed by atoms with Crippen LogP contribution in [0, 0.1) is 0 Å². The van der Waals surface area contributed by atoms with Crippen LogP contribution in [0.5, 0.6) is 5.75 Å². The van der Waals surface area contributed by atoms with E-state index in [0.29, 0.717) is 18.2 Å². The Morgan fingerprint density at radius 2 is 1.90 bits per heavy atom. The average Bonchev–Trinajstić information content (AvgIpc) is 3.30. The van der Waals surface area contributed by atoms with Gasteiger partial charge in [0.05, 0.1) is 12.2 Å². The molecule has 11 nitrogen and oxygen atoms in total. The zero-order valence-electron chi connectivity index (χ0n) is 25.4. The van der Waals surface area contributed by atoms with Crippen LogP contribution in [-0.2, 0) is 6.42 Å². The van der Waals surface area contributed by atoms with E-state index in [-0.39, 0.29) is 28.9 Å². The van der Waals surface area contributed by atoms with Crippen molar-refractivity contribution in [2.24, 2.45) is 5.73 Å². The number of hydrogen-bond donors (Lipinski definition) is 2. The fourth-order valence-corrected chi connectivity index (χ4v) is 6.90. The number of anilines is 3. The first-order chi connectivity index (χ1) is 20.0. The summed E-state index contributed by atoms with van der Waals surface area (Å²) in [6.45, 7) is 11.9. The number of carbonyl (C=O) groups is 2. The fourth-order valence-electron chi connectivity index (χ4n) is 6.90. The number of nitrogens with one attached hydrogen (secondary N) is 1. The van der Waals surface area contributed by atoms with Crippen LogP contribution in [0.1, 0.15) is 68.9 Å². The molecule has 3 N–H and O–H groups in total. The van der Waals surface area contributed by atoms with Crippen LogP contribution in [-0.4, -0.2) is 100 Å². The summed E-state index contributed by atoms with van der Waals surface area (Å²) >= 11 is 0. The van der Waals surface area contributed by atoms with Gasteiger partial charge < -0.3 is 30.5 Å². The summed E-state index contributed by atoms with van der Waals surface area (Å²) in [5.74, 6) is 1.30. The monoisotopic (exact) mass is 576 g/mol. The number of piperidine rings is 2. The highest BCUT2D eigenvalue weighted by atomic mass is 16.5. The molecule has 11 heteroatoms. The van der Waals surface area contributed by atoms with Crippen molar-refractivity contribution in [2.75, 3.05) is 56.5 Å². The van der Waals surface area contributed by atoms with E-state index in [4.69, 9.17) is 15.5 Å². The van der Waals surface area contributed by atoms with E-state index in [1.807, 2.05) is 24.1 Å². The Morgan fingerprint density at radius 3 is 2.60 bits per heavy atom. The molecule has 0 unspecified atom stereocenters. The van der Waals surface area contributed by atoms with Gasteiger partial charge in [-0.15, -0.1) is 0 Å². The van der Waals surface area contributed by atoms with Crippen LogP contribution in [0.4, 0.5) is 22.1 Å². The predicted molar refractivity (Wildman–Crippen MR) is 162 cm³/mol. The molecule has 1 aromatic heterocycles. The summed E-state index contributed by atoms with van der Waals surface area (Å²) in [7, 11) is 1.84. The van der Waals surface area contributed by atoms with Gasteiger partial charge in [0.1, 0.15) is 17.2 Å². The maximum atomic E-state index is 12.6. The molecule has 2 aromatic rings. The van der Waals surface area contributed by atoms with Crippen LogP contribution in [0.2, 0.25) is 0 Å². The molecule has 3 fully saturated rings. The van der Waals surface area contributed by atoms with Gasteiger partial charge in [-0.3, -0.25) is 9.69 Å². The topological polar surface area (TPSA) is 120 Å². The van der Waals surface area contributed by atoms with Gasteiger partial charge >= 0.3 is 6.03 Å². The number of rotatable bonds is 5. The second kappa shape index (κ2) is 10.9. The number of fused-ring (bicyclic) bond motifs is 1. The van der Waals surface area contributed by atoms with Crippen molar-refractivity contribution >= 4 is 29.3 Å². The quantitative estimate of drug-likeness (QED) is 0.554. The molecule has 0 radical (unpaired) electrons. The first kappa shape index (κ1) is 28.5. The highest BCUT2D eigenvalue weighted by Gasteiger charge is 2.41. The van der Waals surface area contributed by atoms with Crippen LogP contribution in [0.15, 0.2) is 24.4 Å². The van der Waals surface area contributed by atoms with Gasteiger partial charge in [0.15, 0.2) is 11.5 Å². The average molecular weight is 577 g/mol. The number of nitrogens with two attached hydrogens (primary N) is 1. The smallest absolute Gasteiger partial charge is 0.320 e. The molecule has 226 valence electrons. The second-order valence-corrected chi connectivity index (χ2v) is 13.3. The third-order valence-corrected chi connectivity index (χ3v) is 9.53. The molecule has 3 amide bonds. The summed E-state index contributed by atoms with van der Waals surface area (Å²) in [6, 6.07) is 6.27. The molecule has 5 heterocycles. The molecule has 0 aliphatic carbocycles. The lowest BCUT2D eigenvalue weighted by atomic mass is 9.82. The zero-order valence-corrected chi connectivity index (χ0v) is 25.4. The lowest BCUT2D eigenvalue weighted by molar-refractivity contribution is -0.0355. The zero-order chi connectivity index (χ0) is 29.6. The maximum Gasteiger partial charge on any atom is 0.320 e. The molecule has 0 bridgehead atoms. The van der Waals surface area contributed by atoms with Crippen molar-refractivity contribution < 1.29 is 14.3 Å². The normalized spacial score (nSPS) is 22.7. The number of aromatic nitrogens is 2. The van der Waals surface area contributed by atoms with Gasteiger partial charge in [-0.25, -0.2) is 14.8 Å². The van der Waals surface area contributed by atoms with E-state index in [2.05, 4.69) is 46.9 Å². The van der Waals surface area contributed by atoms with E-state index in [1.54, 1.807) is 11.1 Å². The Morgan fingerprint density at radius 1 is 1.12 bits per heavy atom. The molecule has 1 aromatic carbocycles. The van der Waals surface area contributed by atoms with Crippen LogP contribution < -0.4 is 20.7 Å². The van der Waals surface area contributed by atoms with Crippen molar-refractivity contribution in [3.63, 3.8) is 0 Å². The fraction of sp³-hybridized carbons (Fsp3) is 0.613. The van der Waals surface area contributed by atoms with Crippen molar-refractivity contribution in [1.29, 1.82) is 0 Å². The molecule has 1 spiro atoms. The number of benzene rings is 1. The van der Waals surface area contributed by atoms with E-state index >= 15 is 0 Å². The molecule has 42 heavy (non-hydrogen) atoms. The van der Waals surface area contributed by atoms with E-state index in [1.165, 1.54) is 0 Å². The highest BCUT2D eigenvalue weighted by Crippen LogP contribution is 2.41. The number of ether oxygens (including phenoxy) is 1. The van der Waals surface area contributed by atoms with Gasteiger partial charge in [-0.05, 0) is 83.1 Å². The number of likely N-dealkylation sites (tertiary alicyclic amines) is 1. The van der Waals surface area contributed by atoms with Gasteiger partial charge in [0.2, 0.25) is 0 Å². The molecular weight excluding hydrogens is 532 g/mol. The minimum absolute atomic E-state index is 0.0806. The van der Waals surface area contributed by atoms with Crippen molar-refractivity contribution in [3.05, 3.63) is 35.7 Å². The molecule has 4 aliphatic heterocycles. The molecule has 0 saturated carbocycles. The summed E-state index contributed by atoms with van der Waals surface area (Å²) < 4.78 is 6.66. The predicted octanol–water partition coefficient (Wildman–Crippen LogP) is 3.61. The van der Waals surface area contributed by atoms with Gasteiger partial charge in [0, 0.05) is 57.5 Å². The number of aryl methyl sites for hydroxylation is 1. The Balaban J connectivity index is 1.17. The largest absolute Gasteiger partial charge is 0.487 e. The Kier molecular flexibility index (Phi) is 7.41. The number of primary amides is 1. The van der Waals surface area contributed by atoms with Gasteiger partial charge in [0.25, 0.3) is 5.91 Å². The van der Waals surface area contributed by atoms with E-state index < -0.39 is 5.91 Å². The Bertz CT molecular complexity index is 1350. The molecular formula is C31H44N8O3. The standard InChI is InChI=1S/C31H44N8O3/c1-30(2,3)38-14-11-31(12-15-38)10-9-21-18-22(7-8-24(21)42-31)34-28-26(27(32)40)33-19-25(35-28)37-13-5-6-23(20-37)39-17-16-36(4)29(39)41/h7-8,18-19,23H,5-6,9-17,20H2,1-4H3,(H2,32,40)(H,34,35)/t23-/m1/s1. The van der Waals surface area contributed by atoms with Crippen LogP contribution in [0.25, 0.3) is 0 Å². The number of likely N-dealkylation sites (N-methyl/N-ethyl adjacent to an activating group) is 1. The summed E-state index contributed by atoms with van der Waals surface area (Å²) in [5, 5.41) is 3.32. The minimum Gasteiger partial charge on any atom is -0.487 e. The first-order valence-electron chi connectivity index (χ1n) is 15.3. The molecule has 3 saturated heterocycles. The summed E-state index contributed by atoms with van der Waals surface area (Å²) in [5.41, 5.74) is 7.83. The number of amides is 3. The van der Waals surface area contributed by atoms with Gasteiger partial charge in [-0.1, -0.05) is 0 Å². The number of nitrogens with zero attached hydrogens (tertiary/aromatic N) is 6. The minimum atomic E-state index is -0.636. The second-order valence-electron chi connectivity index (χ2n) is 13.3. The van der Waals surface area contributed by atoms with E-state index in [9.17, 15) is 9.59 Å². The molecule has 4 aliphatic rings. The van der Waals surface area contributed by atoms with Crippen LogP contribution in [0.3, 0.4) is 0 Å². The molecule has 6 rings (SSSR count).